The van der Waals surface area contributed by atoms with Gasteiger partial charge in [-0.25, -0.2) is 23.9 Å². The molecule has 2 aliphatic heterocycles. The van der Waals surface area contributed by atoms with Crippen molar-refractivity contribution >= 4 is 34.5 Å². The van der Waals surface area contributed by atoms with E-state index in [9.17, 15) is 18.8 Å². The van der Waals surface area contributed by atoms with Crippen molar-refractivity contribution in [1.29, 1.82) is 0 Å². The third-order valence-electron chi connectivity index (χ3n) is 4.38. The molecule has 0 bridgehead atoms. The number of carbonyl (C=O) groups is 3. The standard InChI is InChI=1S/C17H15FN4O4S/c18-12-3-1-11(2-4-12)13-9-27-15(19-13)20-16(24)21-5-10(6-21)7-22-14(23)8-26-17(22)25/h1-4,9-10H,5-8H2,(H,19,20,24). The van der Waals surface area contributed by atoms with E-state index in [4.69, 9.17) is 0 Å². The number of anilines is 1. The SMILES string of the molecule is O=C(Nc1nc(-c2ccc(F)cc2)cs1)N1CC(CN2C(=O)COC2=O)C1. The minimum absolute atomic E-state index is 0.0384. The maximum absolute atomic E-state index is 13.0. The quantitative estimate of drug-likeness (QED) is 0.866. The minimum Gasteiger partial charge on any atom is -0.439 e. The molecule has 10 heteroatoms. The van der Waals surface area contributed by atoms with Crippen LogP contribution in [0.1, 0.15) is 0 Å². The van der Waals surface area contributed by atoms with Crippen molar-refractivity contribution in [3.63, 3.8) is 0 Å². The lowest BCUT2D eigenvalue weighted by Gasteiger charge is -2.39. The van der Waals surface area contributed by atoms with Crippen molar-refractivity contribution in [1.82, 2.24) is 14.8 Å². The van der Waals surface area contributed by atoms with Gasteiger partial charge in [0.05, 0.1) is 5.69 Å². The number of benzene rings is 1. The van der Waals surface area contributed by atoms with Crippen LogP contribution in [0.2, 0.25) is 0 Å². The molecule has 2 aliphatic rings. The van der Waals surface area contributed by atoms with Crippen LogP contribution in [0, 0.1) is 11.7 Å². The number of likely N-dealkylation sites (tertiary alicyclic amines) is 1. The Hall–Kier alpha value is -3.01. The molecule has 2 fully saturated rings. The molecule has 0 saturated carbocycles. The predicted molar refractivity (Wildman–Crippen MR) is 94.7 cm³/mol. The molecule has 0 spiro atoms. The summed E-state index contributed by atoms with van der Waals surface area (Å²) in [6, 6.07) is 5.67. The second-order valence-electron chi connectivity index (χ2n) is 6.30. The number of nitrogens with zero attached hydrogens (tertiary/aromatic N) is 3. The third kappa shape index (κ3) is 3.61. The van der Waals surface area contributed by atoms with Gasteiger partial charge in [0.25, 0.3) is 5.91 Å². The van der Waals surface area contributed by atoms with E-state index in [1.54, 1.807) is 22.4 Å². The molecule has 1 aromatic carbocycles. The number of amides is 4. The first-order chi connectivity index (χ1) is 13.0. The molecular formula is C17H15FN4O4S. The lowest BCUT2D eigenvalue weighted by atomic mass is 10.0. The van der Waals surface area contributed by atoms with Crippen molar-refractivity contribution < 1.29 is 23.5 Å². The first kappa shape index (κ1) is 17.4. The molecule has 0 atom stereocenters. The Morgan fingerprint density at radius 1 is 1.30 bits per heavy atom. The van der Waals surface area contributed by atoms with Crippen molar-refractivity contribution in [2.24, 2.45) is 5.92 Å². The number of urea groups is 1. The number of carbonyl (C=O) groups excluding carboxylic acids is 3. The van der Waals surface area contributed by atoms with Gasteiger partial charge in [-0.05, 0) is 24.3 Å². The zero-order valence-electron chi connectivity index (χ0n) is 14.1. The predicted octanol–water partition coefficient (Wildman–Crippen LogP) is 2.39. The summed E-state index contributed by atoms with van der Waals surface area (Å²) >= 11 is 1.28. The number of cyclic esters (lactones) is 1. The van der Waals surface area contributed by atoms with Gasteiger partial charge in [-0.2, -0.15) is 0 Å². The minimum atomic E-state index is -0.626. The molecule has 2 aromatic rings. The highest BCUT2D eigenvalue weighted by Crippen LogP contribution is 2.26. The zero-order chi connectivity index (χ0) is 19.0. The number of nitrogens with one attached hydrogen (secondary N) is 1. The van der Waals surface area contributed by atoms with Crippen LogP contribution in [0.5, 0.6) is 0 Å². The van der Waals surface area contributed by atoms with Crippen LogP contribution in [0.15, 0.2) is 29.6 Å². The van der Waals surface area contributed by atoms with E-state index in [-0.39, 0.29) is 36.8 Å². The van der Waals surface area contributed by atoms with E-state index < -0.39 is 6.09 Å². The fourth-order valence-corrected chi connectivity index (χ4v) is 3.63. The van der Waals surface area contributed by atoms with E-state index in [0.717, 1.165) is 10.5 Å². The molecule has 2 saturated heterocycles. The highest BCUT2D eigenvalue weighted by Gasteiger charge is 2.38. The summed E-state index contributed by atoms with van der Waals surface area (Å²) in [6.07, 6.45) is -0.626. The van der Waals surface area contributed by atoms with E-state index in [2.05, 4.69) is 15.0 Å². The molecule has 1 N–H and O–H groups in total. The van der Waals surface area contributed by atoms with Crippen molar-refractivity contribution in [3.8, 4) is 11.3 Å². The van der Waals surface area contributed by atoms with E-state index in [1.807, 2.05) is 0 Å². The molecule has 8 nitrogen and oxygen atoms in total. The average Bonchev–Trinajstić information content (AvgIpc) is 3.19. The fraction of sp³-hybridized carbons (Fsp3) is 0.294. The fourth-order valence-electron chi connectivity index (χ4n) is 2.92. The smallest absolute Gasteiger partial charge is 0.417 e. The molecule has 3 heterocycles. The zero-order valence-corrected chi connectivity index (χ0v) is 14.9. The number of thiazole rings is 1. The molecule has 0 radical (unpaired) electrons. The van der Waals surface area contributed by atoms with Crippen LogP contribution in [0.25, 0.3) is 11.3 Å². The molecule has 0 aliphatic carbocycles. The number of aromatic nitrogens is 1. The van der Waals surface area contributed by atoms with Crippen molar-refractivity contribution in [3.05, 3.63) is 35.5 Å². The monoisotopic (exact) mass is 390 g/mol. The Kier molecular flexibility index (Phi) is 4.48. The van der Waals surface area contributed by atoms with E-state index >= 15 is 0 Å². The third-order valence-corrected chi connectivity index (χ3v) is 5.14. The summed E-state index contributed by atoms with van der Waals surface area (Å²) in [5.74, 6) is -0.630. The Morgan fingerprint density at radius 3 is 2.70 bits per heavy atom. The van der Waals surface area contributed by atoms with Gasteiger partial charge in [0, 0.05) is 36.5 Å². The summed E-state index contributed by atoms with van der Waals surface area (Å²) < 4.78 is 17.7. The van der Waals surface area contributed by atoms with Gasteiger partial charge >= 0.3 is 12.1 Å². The van der Waals surface area contributed by atoms with Gasteiger partial charge in [0.15, 0.2) is 11.7 Å². The van der Waals surface area contributed by atoms with E-state index in [1.165, 1.54) is 23.5 Å². The Labute approximate surface area is 157 Å². The number of halogens is 1. The van der Waals surface area contributed by atoms with Crippen LogP contribution >= 0.6 is 11.3 Å². The van der Waals surface area contributed by atoms with Crippen molar-refractivity contribution in [2.75, 3.05) is 31.6 Å². The highest BCUT2D eigenvalue weighted by molar-refractivity contribution is 7.14. The van der Waals surface area contributed by atoms with Crippen LogP contribution in [-0.2, 0) is 9.53 Å². The number of rotatable bonds is 4. The summed E-state index contributed by atoms with van der Waals surface area (Å²) in [5.41, 5.74) is 1.42. The van der Waals surface area contributed by atoms with Gasteiger partial charge in [-0.1, -0.05) is 0 Å². The number of ether oxygens (including phenoxy) is 1. The van der Waals surface area contributed by atoms with Crippen LogP contribution in [0.4, 0.5) is 19.1 Å². The topological polar surface area (TPSA) is 91.8 Å². The Balaban J connectivity index is 1.29. The lowest BCUT2D eigenvalue weighted by molar-refractivity contribution is -0.126. The summed E-state index contributed by atoms with van der Waals surface area (Å²) in [5, 5.41) is 4.95. The molecule has 140 valence electrons. The maximum atomic E-state index is 13.0. The summed E-state index contributed by atoms with van der Waals surface area (Å²) in [7, 11) is 0. The number of hydrogen-bond donors (Lipinski definition) is 1. The summed E-state index contributed by atoms with van der Waals surface area (Å²) in [4.78, 5) is 42.2. The van der Waals surface area contributed by atoms with Gasteiger partial charge in [0.1, 0.15) is 5.82 Å². The number of imide groups is 1. The average molecular weight is 390 g/mol. The second-order valence-corrected chi connectivity index (χ2v) is 7.16. The highest BCUT2D eigenvalue weighted by atomic mass is 32.1. The van der Waals surface area contributed by atoms with Gasteiger partial charge in [-0.15, -0.1) is 11.3 Å². The second kappa shape index (κ2) is 6.95. The Bertz CT molecular complexity index is 879. The van der Waals surface area contributed by atoms with Crippen molar-refractivity contribution in [2.45, 2.75) is 0 Å². The van der Waals surface area contributed by atoms with E-state index in [0.29, 0.717) is 23.9 Å². The van der Waals surface area contributed by atoms with Crippen LogP contribution in [-0.4, -0.2) is 59.1 Å². The first-order valence-corrected chi connectivity index (χ1v) is 9.12. The maximum Gasteiger partial charge on any atom is 0.417 e. The molecule has 1 aromatic heterocycles. The molecular weight excluding hydrogens is 375 g/mol. The molecule has 0 unspecified atom stereocenters. The van der Waals surface area contributed by atoms with Crippen LogP contribution in [0.3, 0.4) is 0 Å². The van der Waals surface area contributed by atoms with Crippen LogP contribution < -0.4 is 5.32 Å². The van der Waals surface area contributed by atoms with Gasteiger partial charge in [-0.3, -0.25) is 10.1 Å². The van der Waals surface area contributed by atoms with Gasteiger partial charge < -0.3 is 9.64 Å². The van der Waals surface area contributed by atoms with Gasteiger partial charge in [0.2, 0.25) is 0 Å². The summed E-state index contributed by atoms with van der Waals surface area (Å²) in [6.45, 7) is 0.932. The number of hydrogen-bond acceptors (Lipinski definition) is 6. The largest absolute Gasteiger partial charge is 0.439 e. The first-order valence-electron chi connectivity index (χ1n) is 8.24. The normalized spacial score (nSPS) is 17.1. The Morgan fingerprint density at radius 2 is 2.04 bits per heavy atom. The lowest BCUT2D eigenvalue weighted by Crippen LogP contribution is -2.55. The molecule has 27 heavy (non-hydrogen) atoms. The molecule has 4 rings (SSSR count). The molecule has 4 amide bonds.